The number of carbonyl (C=O) groups excluding carboxylic acids is 3. The summed E-state index contributed by atoms with van der Waals surface area (Å²) in [5, 5.41) is 0. The molecule has 0 saturated heterocycles. The minimum Gasteiger partial charge on any atom is -0.462 e. The van der Waals surface area contributed by atoms with E-state index < -0.39 is 6.10 Å². The third-order valence-electron chi connectivity index (χ3n) is 10.2. The molecule has 0 radical (unpaired) electrons. The molecule has 64 heavy (non-hydrogen) atoms. The maximum absolute atomic E-state index is 12.8. The van der Waals surface area contributed by atoms with E-state index in [4.69, 9.17) is 14.2 Å². The lowest BCUT2D eigenvalue weighted by molar-refractivity contribution is -0.167. The van der Waals surface area contributed by atoms with Gasteiger partial charge < -0.3 is 14.2 Å². The van der Waals surface area contributed by atoms with Crippen LogP contribution in [0, 0.1) is 0 Å². The molecule has 0 rings (SSSR count). The average Bonchev–Trinajstić information content (AvgIpc) is 3.29. The Morgan fingerprint density at radius 1 is 0.328 bits per heavy atom. The van der Waals surface area contributed by atoms with Crippen molar-refractivity contribution in [2.45, 2.75) is 213 Å². The number of unbranched alkanes of at least 4 members (excludes halogenated alkanes) is 13. The van der Waals surface area contributed by atoms with Gasteiger partial charge >= 0.3 is 17.9 Å². The van der Waals surface area contributed by atoms with Crippen LogP contribution in [0.1, 0.15) is 207 Å². The molecule has 0 aromatic rings. The van der Waals surface area contributed by atoms with Crippen molar-refractivity contribution in [3.8, 4) is 0 Å². The lowest BCUT2D eigenvalue weighted by Gasteiger charge is -2.18. The van der Waals surface area contributed by atoms with Crippen LogP contribution in [0.5, 0.6) is 0 Å². The smallest absolute Gasteiger partial charge is 0.306 e. The molecular weight excluding hydrogens is 793 g/mol. The molecule has 0 heterocycles. The molecule has 0 aliphatic heterocycles. The second-order valence-corrected chi connectivity index (χ2v) is 16.3. The summed E-state index contributed by atoms with van der Waals surface area (Å²) < 4.78 is 16.7. The van der Waals surface area contributed by atoms with Gasteiger partial charge in [0.15, 0.2) is 6.10 Å². The topological polar surface area (TPSA) is 78.9 Å². The highest BCUT2D eigenvalue weighted by atomic mass is 16.6. The molecule has 0 aliphatic rings. The van der Waals surface area contributed by atoms with E-state index in [0.717, 1.165) is 116 Å². The Hall–Kier alpha value is -4.19. The van der Waals surface area contributed by atoms with E-state index in [1.807, 2.05) is 0 Å². The molecule has 1 atom stereocenters. The molecule has 0 saturated carbocycles. The Labute approximate surface area is 392 Å². The first-order chi connectivity index (χ1) is 31.5. The maximum atomic E-state index is 12.8. The molecule has 0 aromatic heterocycles. The quantitative estimate of drug-likeness (QED) is 0.0262. The molecule has 0 N–H and O–H groups in total. The van der Waals surface area contributed by atoms with Crippen LogP contribution < -0.4 is 0 Å². The van der Waals surface area contributed by atoms with Crippen LogP contribution in [0.4, 0.5) is 0 Å². The minimum absolute atomic E-state index is 0.113. The number of esters is 3. The Morgan fingerprint density at radius 2 is 0.625 bits per heavy atom. The lowest BCUT2D eigenvalue weighted by atomic mass is 10.1. The molecule has 0 spiro atoms. The fourth-order valence-electron chi connectivity index (χ4n) is 6.44. The second-order valence-electron chi connectivity index (χ2n) is 16.3. The van der Waals surface area contributed by atoms with E-state index in [2.05, 4.69) is 142 Å². The molecular formula is C58H92O6. The number of hydrogen-bond acceptors (Lipinski definition) is 6. The summed E-state index contributed by atoms with van der Waals surface area (Å²) in [5.74, 6) is -1.02. The van der Waals surface area contributed by atoms with E-state index in [9.17, 15) is 14.4 Å². The molecule has 0 fully saturated rings. The summed E-state index contributed by atoms with van der Waals surface area (Å²) in [4.78, 5) is 37.9. The van der Waals surface area contributed by atoms with E-state index in [0.29, 0.717) is 19.3 Å². The van der Waals surface area contributed by atoms with Crippen LogP contribution in [0.2, 0.25) is 0 Å². The van der Waals surface area contributed by atoms with Gasteiger partial charge in [0, 0.05) is 19.3 Å². The Balaban J connectivity index is 4.53. The normalized spacial score (nSPS) is 13.1. The molecule has 0 aromatic carbocycles. The molecule has 6 nitrogen and oxygen atoms in total. The van der Waals surface area contributed by atoms with Crippen molar-refractivity contribution in [3.05, 3.63) is 122 Å². The van der Waals surface area contributed by atoms with Crippen LogP contribution in [0.15, 0.2) is 122 Å². The number of hydrogen-bond donors (Lipinski definition) is 0. The standard InChI is InChI=1S/C58H92O6/c1-4-7-10-13-16-19-22-24-26-28-29-31-32-34-36-39-42-45-48-51-57(60)63-54-55(53-62-56(59)50-47-44-41-38-21-18-15-12-9-6-3)64-58(61)52-49-46-43-40-37-35-33-30-27-25-23-20-17-14-11-8-5-2/h7-8,10-11,16-17,19-20,24-27,29,31,33-36,40,43,55H,4-6,9,12-15,18,21-23,28,30,32,37-39,41-42,44-54H2,1-3H3/b10-7-,11-8-,19-16-,20-17-,26-24-,27-25-,31-29-,35-33-,36-34-,43-40-/t55-/m1/s1. The van der Waals surface area contributed by atoms with Crippen molar-refractivity contribution in [2.24, 2.45) is 0 Å². The summed E-state index contributed by atoms with van der Waals surface area (Å²) in [6.07, 6.45) is 70.5. The van der Waals surface area contributed by atoms with E-state index in [1.54, 1.807) is 0 Å². The van der Waals surface area contributed by atoms with Gasteiger partial charge in [0.25, 0.3) is 0 Å². The monoisotopic (exact) mass is 885 g/mol. The summed E-state index contributed by atoms with van der Waals surface area (Å²) in [6, 6.07) is 0. The lowest BCUT2D eigenvalue weighted by Crippen LogP contribution is -2.30. The predicted molar refractivity (Wildman–Crippen MR) is 274 cm³/mol. The highest BCUT2D eigenvalue weighted by molar-refractivity contribution is 5.71. The number of allylic oxidation sites excluding steroid dienone is 20. The van der Waals surface area contributed by atoms with Gasteiger partial charge in [-0.25, -0.2) is 0 Å². The minimum atomic E-state index is -0.822. The summed E-state index contributed by atoms with van der Waals surface area (Å²) in [6.45, 7) is 6.30. The third kappa shape index (κ3) is 48.8. The van der Waals surface area contributed by atoms with Crippen LogP contribution in [0.25, 0.3) is 0 Å². The molecule has 6 heteroatoms. The molecule has 0 unspecified atom stereocenters. The predicted octanol–water partition coefficient (Wildman–Crippen LogP) is 16.9. The van der Waals surface area contributed by atoms with Crippen molar-refractivity contribution in [3.63, 3.8) is 0 Å². The molecule has 0 bridgehead atoms. The maximum Gasteiger partial charge on any atom is 0.306 e. The van der Waals surface area contributed by atoms with Gasteiger partial charge in [0.1, 0.15) is 13.2 Å². The summed E-state index contributed by atoms with van der Waals surface area (Å²) in [7, 11) is 0. The van der Waals surface area contributed by atoms with Gasteiger partial charge in [-0.1, -0.05) is 206 Å². The van der Waals surface area contributed by atoms with Crippen molar-refractivity contribution in [2.75, 3.05) is 13.2 Å². The van der Waals surface area contributed by atoms with Crippen LogP contribution >= 0.6 is 0 Å². The van der Waals surface area contributed by atoms with Gasteiger partial charge in [-0.15, -0.1) is 0 Å². The third-order valence-corrected chi connectivity index (χ3v) is 10.2. The Kier molecular flexibility index (Phi) is 48.1. The number of rotatable bonds is 44. The van der Waals surface area contributed by atoms with E-state index in [-0.39, 0.29) is 37.5 Å². The summed E-state index contributed by atoms with van der Waals surface area (Å²) in [5.41, 5.74) is 0. The van der Waals surface area contributed by atoms with Gasteiger partial charge in [0.05, 0.1) is 0 Å². The van der Waals surface area contributed by atoms with Gasteiger partial charge in [0.2, 0.25) is 0 Å². The number of carbonyl (C=O) groups is 3. The first-order valence-corrected chi connectivity index (χ1v) is 25.5. The first-order valence-electron chi connectivity index (χ1n) is 25.5. The zero-order valence-electron chi connectivity index (χ0n) is 41.0. The second kappa shape index (κ2) is 51.4. The molecule has 0 aliphatic carbocycles. The van der Waals surface area contributed by atoms with Crippen molar-refractivity contribution >= 4 is 17.9 Å². The largest absolute Gasteiger partial charge is 0.462 e. The van der Waals surface area contributed by atoms with Crippen LogP contribution in [0.3, 0.4) is 0 Å². The molecule has 0 amide bonds. The highest BCUT2D eigenvalue weighted by Gasteiger charge is 2.19. The Morgan fingerprint density at radius 3 is 1.00 bits per heavy atom. The van der Waals surface area contributed by atoms with Crippen molar-refractivity contribution in [1.29, 1.82) is 0 Å². The van der Waals surface area contributed by atoms with Gasteiger partial charge in [-0.2, -0.15) is 0 Å². The van der Waals surface area contributed by atoms with Crippen LogP contribution in [-0.2, 0) is 28.6 Å². The fourth-order valence-corrected chi connectivity index (χ4v) is 6.44. The summed E-state index contributed by atoms with van der Waals surface area (Å²) >= 11 is 0. The molecule has 360 valence electrons. The zero-order chi connectivity index (χ0) is 46.5. The van der Waals surface area contributed by atoms with E-state index in [1.165, 1.54) is 44.9 Å². The fraction of sp³-hybridized carbons (Fsp3) is 0.603. The van der Waals surface area contributed by atoms with Crippen LogP contribution in [-0.4, -0.2) is 37.2 Å². The van der Waals surface area contributed by atoms with E-state index >= 15 is 0 Å². The zero-order valence-corrected chi connectivity index (χ0v) is 41.0. The average molecular weight is 885 g/mol. The first kappa shape index (κ1) is 59.8. The number of ether oxygens (including phenoxy) is 3. The highest BCUT2D eigenvalue weighted by Crippen LogP contribution is 2.13. The van der Waals surface area contributed by atoms with Gasteiger partial charge in [-0.05, 0) is 103 Å². The SMILES string of the molecule is CC/C=C\C/C=C\C/C=C\C/C=C\C/C=C\CCCCCC(=O)OC[C@@H](COC(=O)CCCCCCCCCCCC)OC(=O)CCC/C=C\C/C=C\C/C=C\C/C=C\C/C=C\CC. The Bertz CT molecular complexity index is 1390. The van der Waals surface area contributed by atoms with Crippen molar-refractivity contribution < 1.29 is 28.6 Å². The van der Waals surface area contributed by atoms with Gasteiger partial charge in [-0.3, -0.25) is 14.4 Å². The van der Waals surface area contributed by atoms with Crippen molar-refractivity contribution in [1.82, 2.24) is 0 Å².